The second-order valence-electron chi connectivity index (χ2n) is 10.8. The molecule has 0 atom stereocenters. The molecule has 1 heterocycles. The summed E-state index contributed by atoms with van der Waals surface area (Å²) >= 11 is 0. The molecule has 0 radical (unpaired) electrons. The van der Waals surface area contributed by atoms with Crippen LogP contribution in [0.4, 0.5) is 0 Å². The van der Waals surface area contributed by atoms with Crippen LogP contribution in [-0.2, 0) is 0 Å². The molecule has 0 spiro atoms. The zero-order chi connectivity index (χ0) is 26.9. The molecule has 41 heavy (non-hydrogen) atoms. The number of fused-ring (bicyclic) bond motifs is 8. The van der Waals surface area contributed by atoms with Gasteiger partial charge in [0.15, 0.2) is 0 Å². The van der Waals surface area contributed by atoms with Gasteiger partial charge in [0.1, 0.15) is 11.2 Å². The van der Waals surface area contributed by atoms with Crippen molar-refractivity contribution in [3.63, 3.8) is 0 Å². The Labute approximate surface area is 236 Å². The molecule has 0 amide bonds. The Kier molecular flexibility index (Phi) is 4.67. The maximum absolute atomic E-state index is 6.21. The number of rotatable bonds is 2. The summed E-state index contributed by atoms with van der Waals surface area (Å²) in [7, 11) is 0. The first-order valence-electron chi connectivity index (χ1n) is 14.1. The fourth-order valence-electron chi connectivity index (χ4n) is 6.86. The van der Waals surface area contributed by atoms with Gasteiger partial charge in [0, 0.05) is 10.8 Å². The highest BCUT2D eigenvalue weighted by atomic mass is 16.3. The minimum Gasteiger partial charge on any atom is -0.456 e. The van der Waals surface area contributed by atoms with E-state index in [4.69, 9.17) is 4.42 Å². The molecule has 9 rings (SSSR count). The lowest BCUT2D eigenvalue weighted by atomic mass is 9.83. The Balaban J connectivity index is 1.50. The molecule has 0 unspecified atom stereocenters. The SMILES string of the molecule is c1ccc2c(-c3c4ccccc4c(-c4ccc5oc6ccccc6c5c4)c4c3ccc3ccccc34)cccc2c1. The molecule has 1 nitrogen and oxygen atoms in total. The van der Waals surface area contributed by atoms with E-state index in [0.717, 1.165) is 21.9 Å². The van der Waals surface area contributed by atoms with Crippen LogP contribution in [0.1, 0.15) is 0 Å². The van der Waals surface area contributed by atoms with Crippen molar-refractivity contribution in [1.29, 1.82) is 0 Å². The van der Waals surface area contributed by atoms with Crippen LogP contribution >= 0.6 is 0 Å². The highest BCUT2D eigenvalue weighted by molar-refractivity contribution is 6.29. The first kappa shape index (κ1) is 22.4. The average Bonchev–Trinajstić information content (AvgIpc) is 3.41. The summed E-state index contributed by atoms with van der Waals surface area (Å²) in [6.07, 6.45) is 0. The quantitative estimate of drug-likeness (QED) is 0.163. The molecule has 0 N–H and O–H groups in total. The molecule has 0 fully saturated rings. The van der Waals surface area contributed by atoms with Gasteiger partial charge in [0.05, 0.1) is 0 Å². The minimum absolute atomic E-state index is 0.917. The van der Waals surface area contributed by atoms with Gasteiger partial charge in [0.25, 0.3) is 0 Å². The third kappa shape index (κ3) is 3.24. The van der Waals surface area contributed by atoms with E-state index in [-0.39, 0.29) is 0 Å². The predicted molar refractivity (Wildman–Crippen MR) is 175 cm³/mol. The highest BCUT2D eigenvalue weighted by Crippen LogP contribution is 2.48. The van der Waals surface area contributed by atoms with Crippen LogP contribution in [0.5, 0.6) is 0 Å². The second kappa shape index (κ2) is 8.55. The lowest BCUT2D eigenvalue weighted by molar-refractivity contribution is 0.669. The van der Waals surface area contributed by atoms with Crippen LogP contribution in [0, 0.1) is 0 Å². The summed E-state index contributed by atoms with van der Waals surface area (Å²) in [5.41, 5.74) is 6.86. The lowest BCUT2D eigenvalue weighted by Gasteiger charge is -2.20. The molecule has 0 aliphatic carbocycles. The van der Waals surface area contributed by atoms with Crippen LogP contribution in [-0.4, -0.2) is 0 Å². The summed E-state index contributed by atoms with van der Waals surface area (Å²) in [6.45, 7) is 0. The summed E-state index contributed by atoms with van der Waals surface area (Å²) in [5.74, 6) is 0. The fraction of sp³-hybridized carbons (Fsp3) is 0. The van der Waals surface area contributed by atoms with E-state index >= 15 is 0 Å². The van der Waals surface area contributed by atoms with E-state index in [1.165, 1.54) is 65.3 Å². The third-order valence-corrected chi connectivity index (χ3v) is 8.64. The molecule has 8 aromatic carbocycles. The van der Waals surface area contributed by atoms with Crippen LogP contribution in [0.15, 0.2) is 150 Å². The number of furan rings is 1. The second-order valence-corrected chi connectivity index (χ2v) is 10.8. The Bertz CT molecular complexity index is 2470. The summed E-state index contributed by atoms with van der Waals surface area (Å²) in [5, 5.41) is 12.4. The van der Waals surface area contributed by atoms with Gasteiger partial charge in [-0.2, -0.15) is 0 Å². The topological polar surface area (TPSA) is 13.1 Å². The average molecular weight is 521 g/mol. The van der Waals surface area contributed by atoms with Gasteiger partial charge in [0.2, 0.25) is 0 Å². The summed E-state index contributed by atoms with van der Waals surface area (Å²) < 4.78 is 6.21. The van der Waals surface area contributed by atoms with Crippen molar-refractivity contribution < 1.29 is 4.42 Å². The Morgan fingerprint density at radius 1 is 0.341 bits per heavy atom. The van der Waals surface area contributed by atoms with Crippen molar-refractivity contribution in [3.8, 4) is 22.3 Å². The van der Waals surface area contributed by atoms with Crippen LogP contribution in [0.2, 0.25) is 0 Å². The van der Waals surface area contributed by atoms with Crippen LogP contribution in [0.3, 0.4) is 0 Å². The predicted octanol–water partition coefficient (Wildman–Crippen LogP) is 11.5. The molecule has 0 aliphatic rings. The van der Waals surface area contributed by atoms with Gasteiger partial charge >= 0.3 is 0 Å². The van der Waals surface area contributed by atoms with Gasteiger partial charge in [-0.15, -0.1) is 0 Å². The zero-order valence-electron chi connectivity index (χ0n) is 22.3. The van der Waals surface area contributed by atoms with Crippen molar-refractivity contribution in [1.82, 2.24) is 0 Å². The number of hydrogen-bond acceptors (Lipinski definition) is 1. The molecule has 0 saturated carbocycles. The monoisotopic (exact) mass is 520 g/mol. The van der Waals surface area contributed by atoms with Gasteiger partial charge in [-0.1, -0.05) is 127 Å². The maximum atomic E-state index is 6.21. The van der Waals surface area contributed by atoms with Crippen molar-refractivity contribution >= 4 is 65.0 Å². The first-order chi connectivity index (χ1) is 20.3. The van der Waals surface area contributed by atoms with Crippen molar-refractivity contribution in [2.24, 2.45) is 0 Å². The Hall–Kier alpha value is -5.40. The fourth-order valence-corrected chi connectivity index (χ4v) is 6.86. The molecule has 190 valence electrons. The third-order valence-electron chi connectivity index (χ3n) is 8.64. The molecule has 9 aromatic rings. The van der Waals surface area contributed by atoms with Gasteiger partial charge < -0.3 is 4.42 Å². The summed E-state index contributed by atoms with van der Waals surface area (Å²) in [6, 6.07) is 52.7. The van der Waals surface area contributed by atoms with E-state index < -0.39 is 0 Å². The highest BCUT2D eigenvalue weighted by Gasteiger charge is 2.20. The Morgan fingerprint density at radius 2 is 0.951 bits per heavy atom. The van der Waals surface area contributed by atoms with E-state index in [0.29, 0.717) is 0 Å². The molecular formula is C40H24O. The standard InChI is InChI=1S/C40H24O/c1-3-13-28-25(10-1)12-9-18-31(28)39-33-17-6-5-16-32(33)38(40-29-14-4-2-11-26(29)20-22-34(39)40)27-21-23-37-35(24-27)30-15-7-8-19-36(30)41-37/h1-24H. The molecule has 0 bridgehead atoms. The van der Waals surface area contributed by atoms with E-state index in [1.54, 1.807) is 0 Å². The number of benzene rings is 8. The normalized spacial score (nSPS) is 11.9. The zero-order valence-corrected chi connectivity index (χ0v) is 22.3. The molecule has 1 heteroatoms. The van der Waals surface area contributed by atoms with Crippen LogP contribution in [0.25, 0.3) is 87.3 Å². The Morgan fingerprint density at radius 3 is 1.78 bits per heavy atom. The number of para-hydroxylation sites is 1. The van der Waals surface area contributed by atoms with Gasteiger partial charge in [-0.25, -0.2) is 0 Å². The molecule has 0 saturated heterocycles. The van der Waals surface area contributed by atoms with Crippen LogP contribution < -0.4 is 0 Å². The molecular weight excluding hydrogens is 496 g/mol. The number of hydrogen-bond donors (Lipinski definition) is 0. The van der Waals surface area contributed by atoms with E-state index in [2.05, 4.69) is 133 Å². The van der Waals surface area contributed by atoms with Crippen molar-refractivity contribution in [3.05, 3.63) is 146 Å². The first-order valence-corrected chi connectivity index (χ1v) is 14.1. The van der Waals surface area contributed by atoms with Gasteiger partial charge in [-0.05, 0) is 83.5 Å². The van der Waals surface area contributed by atoms with E-state index in [1.807, 2.05) is 12.1 Å². The smallest absolute Gasteiger partial charge is 0.135 e. The van der Waals surface area contributed by atoms with Gasteiger partial charge in [-0.3, -0.25) is 0 Å². The lowest BCUT2D eigenvalue weighted by Crippen LogP contribution is -1.92. The molecule has 0 aliphatic heterocycles. The molecule has 1 aromatic heterocycles. The van der Waals surface area contributed by atoms with E-state index in [9.17, 15) is 0 Å². The minimum atomic E-state index is 0.917. The summed E-state index contributed by atoms with van der Waals surface area (Å²) in [4.78, 5) is 0. The van der Waals surface area contributed by atoms with Crippen molar-refractivity contribution in [2.75, 3.05) is 0 Å². The largest absolute Gasteiger partial charge is 0.456 e. The maximum Gasteiger partial charge on any atom is 0.135 e. The van der Waals surface area contributed by atoms with Crippen molar-refractivity contribution in [2.45, 2.75) is 0 Å².